The molecule has 0 bridgehead atoms. The number of nitrogens with one attached hydrogen (secondary N) is 1. The van der Waals surface area contributed by atoms with Crippen LogP contribution in [0.2, 0.25) is 0 Å². The quantitative estimate of drug-likeness (QED) is 0.842. The first-order chi connectivity index (χ1) is 12.3. The second-order valence-electron chi connectivity index (χ2n) is 6.21. The van der Waals surface area contributed by atoms with Gasteiger partial charge in [-0.05, 0) is 37.5 Å². The number of carbonyl (C=O) groups is 1. The van der Waals surface area contributed by atoms with Crippen molar-refractivity contribution in [2.24, 2.45) is 0 Å². The monoisotopic (exact) mass is 339 g/mol. The van der Waals surface area contributed by atoms with E-state index < -0.39 is 0 Å². The van der Waals surface area contributed by atoms with Crippen LogP contribution in [0.4, 0.5) is 5.82 Å². The van der Waals surface area contributed by atoms with E-state index in [-0.39, 0.29) is 11.9 Å². The van der Waals surface area contributed by atoms with E-state index >= 15 is 0 Å². The van der Waals surface area contributed by atoms with Gasteiger partial charge < -0.3 is 15.0 Å². The smallest absolute Gasteiger partial charge is 0.254 e. The van der Waals surface area contributed by atoms with Crippen LogP contribution >= 0.6 is 0 Å². The molecule has 1 amide bonds. The molecule has 1 aliphatic heterocycles. The zero-order valence-corrected chi connectivity index (χ0v) is 14.6. The summed E-state index contributed by atoms with van der Waals surface area (Å²) in [5.74, 6) is 0.784. The zero-order valence-electron chi connectivity index (χ0n) is 14.6. The molecule has 5 nitrogen and oxygen atoms in total. The van der Waals surface area contributed by atoms with E-state index in [1.54, 1.807) is 12.3 Å². The molecule has 0 aliphatic carbocycles. The number of amides is 1. The summed E-state index contributed by atoms with van der Waals surface area (Å²) in [7, 11) is 0. The number of hydrogen-bond acceptors (Lipinski definition) is 4. The van der Waals surface area contributed by atoms with Crippen molar-refractivity contribution in [2.45, 2.75) is 25.8 Å². The van der Waals surface area contributed by atoms with Crippen LogP contribution in [-0.2, 0) is 11.2 Å². The number of aromatic nitrogens is 1. The predicted octanol–water partition coefficient (Wildman–Crippen LogP) is 2.99. The van der Waals surface area contributed by atoms with Gasteiger partial charge in [0.15, 0.2) is 0 Å². The zero-order chi connectivity index (χ0) is 17.5. The Balaban J connectivity index is 1.76. The third-order valence-electron chi connectivity index (χ3n) is 4.46. The van der Waals surface area contributed by atoms with Crippen molar-refractivity contribution < 1.29 is 9.53 Å². The average Bonchev–Trinajstić information content (AvgIpc) is 3.17. The molecule has 5 heteroatoms. The summed E-state index contributed by atoms with van der Waals surface area (Å²) >= 11 is 0. The fourth-order valence-electron chi connectivity index (χ4n) is 3.12. The normalized spacial score (nSPS) is 16.6. The first-order valence-electron chi connectivity index (χ1n) is 8.90. The molecule has 0 saturated carbocycles. The van der Waals surface area contributed by atoms with Crippen molar-refractivity contribution in [3.63, 3.8) is 0 Å². The second-order valence-corrected chi connectivity index (χ2v) is 6.21. The molecule has 1 N–H and O–H groups in total. The summed E-state index contributed by atoms with van der Waals surface area (Å²) in [5, 5.41) is 3.16. The maximum absolute atomic E-state index is 13.1. The van der Waals surface area contributed by atoms with E-state index in [1.807, 2.05) is 36.1 Å². The molecule has 1 aromatic heterocycles. The number of rotatable bonds is 7. The fourth-order valence-corrected chi connectivity index (χ4v) is 3.12. The van der Waals surface area contributed by atoms with E-state index in [9.17, 15) is 4.79 Å². The number of benzene rings is 1. The lowest BCUT2D eigenvalue weighted by Gasteiger charge is -2.28. The highest BCUT2D eigenvalue weighted by Gasteiger charge is 2.28. The van der Waals surface area contributed by atoms with Gasteiger partial charge >= 0.3 is 0 Å². The largest absolute Gasteiger partial charge is 0.379 e. The van der Waals surface area contributed by atoms with Crippen LogP contribution in [0.1, 0.15) is 29.3 Å². The molecule has 1 fully saturated rings. The Hall–Kier alpha value is -2.40. The third-order valence-corrected chi connectivity index (χ3v) is 4.46. The molecule has 0 radical (unpaired) electrons. The maximum atomic E-state index is 13.1. The molecule has 132 valence electrons. The fraction of sp³-hybridized carbons (Fsp3) is 0.400. The summed E-state index contributed by atoms with van der Waals surface area (Å²) in [6.45, 7) is 4.82. The molecule has 0 unspecified atom stereocenters. The number of anilines is 1. The van der Waals surface area contributed by atoms with Crippen molar-refractivity contribution in [1.82, 2.24) is 9.88 Å². The Morgan fingerprint density at radius 1 is 1.32 bits per heavy atom. The number of pyridine rings is 1. The van der Waals surface area contributed by atoms with Gasteiger partial charge in [-0.2, -0.15) is 0 Å². The number of ether oxygens (including phenoxy) is 1. The Labute approximate surface area is 149 Å². The lowest BCUT2D eigenvalue weighted by molar-refractivity contribution is 0.0656. The van der Waals surface area contributed by atoms with Crippen LogP contribution in [0.25, 0.3) is 0 Å². The first-order valence-corrected chi connectivity index (χ1v) is 8.90. The number of hydrogen-bond donors (Lipinski definition) is 1. The number of carbonyl (C=O) groups excluding carboxylic acids is 1. The van der Waals surface area contributed by atoms with Gasteiger partial charge in [-0.3, -0.25) is 4.79 Å². The third kappa shape index (κ3) is 4.57. The Kier molecular flexibility index (Phi) is 6.01. The molecule has 1 aromatic carbocycles. The predicted molar refractivity (Wildman–Crippen MR) is 98.8 cm³/mol. The van der Waals surface area contributed by atoms with Crippen molar-refractivity contribution >= 4 is 11.7 Å². The van der Waals surface area contributed by atoms with Gasteiger partial charge in [0.05, 0.1) is 12.6 Å². The highest BCUT2D eigenvalue weighted by Crippen LogP contribution is 2.18. The lowest BCUT2D eigenvalue weighted by atomic mass is 10.1. The highest BCUT2D eigenvalue weighted by molar-refractivity contribution is 5.95. The Morgan fingerprint density at radius 2 is 2.16 bits per heavy atom. The van der Waals surface area contributed by atoms with Crippen molar-refractivity contribution in [3.8, 4) is 0 Å². The molecular weight excluding hydrogens is 314 g/mol. The Morgan fingerprint density at radius 3 is 2.88 bits per heavy atom. The Bertz CT molecular complexity index is 684. The summed E-state index contributed by atoms with van der Waals surface area (Å²) < 4.78 is 5.52. The van der Waals surface area contributed by atoms with Crippen LogP contribution in [0, 0.1) is 0 Å². The van der Waals surface area contributed by atoms with E-state index in [0.29, 0.717) is 18.7 Å². The summed E-state index contributed by atoms with van der Waals surface area (Å²) in [6.07, 6.45) is 3.42. The molecule has 2 aromatic rings. The summed E-state index contributed by atoms with van der Waals surface area (Å²) in [5.41, 5.74) is 1.91. The minimum absolute atomic E-state index is 0.0491. The van der Waals surface area contributed by atoms with Crippen LogP contribution in [-0.4, -0.2) is 48.1 Å². The first kappa shape index (κ1) is 17.4. The SMILES string of the molecule is CCNc1cc(C(=O)N(CCc2ccccc2)[C@@H]2CCOC2)ccn1. The minimum atomic E-state index is 0.0491. The van der Waals surface area contributed by atoms with Gasteiger partial charge in [0.25, 0.3) is 5.91 Å². The van der Waals surface area contributed by atoms with E-state index in [2.05, 4.69) is 22.4 Å². The summed E-state index contributed by atoms with van der Waals surface area (Å²) in [4.78, 5) is 19.3. The van der Waals surface area contributed by atoms with Crippen molar-refractivity contribution in [1.29, 1.82) is 0 Å². The van der Waals surface area contributed by atoms with Crippen LogP contribution in [0.15, 0.2) is 48.7 Å². The van der Waals surface area contributed by atoms with Gasteiger partial charge in [0.1, 0.15) is 5.82 Å². The maximum Gasteiger partial charge on any atom is 0.254 e. The molecule has 0 spiro atoms. The lowest BCUT2D eigenvalue weighted by Crippen LogP contribution is -2.42. The molecule has 1 saturated heterocycles. The minimum Gasteiger partial charge on any atom is -0.379 e. The summed E-state index contributed by atoms with van der Waals surface area (Å²) in [6, 6.07) is 14.0. The van der Waals surface area contributed by atoms with Crippen molar-refractivity contribution in [2.75, 3.05) is 31.6 Å². The van der Waals surface area contributed by atoms with E-state index in [4.69, 9.17) is 4.74 Å². The number of nitrogens with zero attached hydrogens (tertiary/aromatic N) is 2. The van der Waals surface area contributed by atoms with Crippen LogP contribution in [0.5, 0.6) is 0 Å². The molecular formula is C20H25N3O2. The molecule has 2 heterocycles. The van der Waals surface area contributed by atoms with Crippen LogP contribution < -0.4 is 5.32 Å². The average molecular weight is 339 g/mol. The molecule has 25 heavy (non-hydrogen) atoms. The van der Waals surface area contributed by atoms with E-state index in [0.717, 1.165) is 31.8 Å². The second kappa shape index (κ2) is 8.62. The standard InChI is InChI=1S/C20H25N3O2/c1-2-21-19-14-17(8-11-22-19)20(24)23(18-10-13-25-15-18)12-9-16-6-4-3-5-7-16/h3-8,11,14,18H,2,9-10,12-13,15H2,1H3,(H,21,22)/t18-/m1/s1. The molecule has 1 atom stereocenters. The molecule has 3 rings (SSSR count). The van der Waals surface area contributed by atoms with Gasteiger partial charge in [-0.1, -0.05) is 30.3 Å². The van der Waals surface area contributed by atoms with Gasteiger partial charge in [-0.25, -0.2) is 4.98 Å². The van der Waals surface area contributed by atoms with Gasteiger partial charge in [0, 0.05) is 31.5 Å². The van der Waals surface area contributed by atoms with Gasteiger partial charge in [0.2, 0.25) is 0 Å². The molecule has 1 aliphatic rings. The topological polar surface area (TPSA) is 54.5 Å². The van der Waals surface area contributed by atoms with Crippen molar-refractivity contribution in [3.05, 3.63) is 59.8 Å². The highest BCUT2D eigenvalue weighted by atomic mass is 16.5. The van der Waals surface area contributed by atoms with Gasteiger partial charge in [-0.15, -0.1) is 0 Å². The van der Waals surface area contributed by atoms with E-state index in [1.165, 1.54) is 5.56 Å². The van der Waals surface area contributed by atoms with Crippen LogP contribution in [0.3, 0.4) is 0 Å².